The van der Waals surface area contributed by atoms with Gasteiger partial charge in [-0.25, -0.2) is 14.6 Å². The fraction of sp³-hybridized carbons (Fsp3) is 0. The summed E-state index contributed by atoms with van der Waals surface area (Å²) in [4.78, 5) is 23.1. The van der Waals surface area contributed by atoms with Crippen LogP contribution < -0.4 is 11.3 Å². The van der Waals surface area contributed by atoms with Gasteiger partial charge in [0, 0.05) is 16.1 Å². The Morgan fingerprint density at radius 1 is 0.722 bits per heavy atom. The van der Waals surface area contributed by atoms with Crippen LogP contribution in [0.4, 0.5) is 5.82 Å². The molecule has 174 valence electrons. The van der Waals surface area contributed by atoms with Crippen LogP contribution >= 0.6 is 11.6 Å². The molecular formula is C28H19ClN6O. The Labute approximate surface area is 211 Å². The minimum atomic E-state index is -0.221. The van der Waals surface area contributed by atoms with E-state index in [0.717, 1.165) is 22.5 Å². The van der Waals surface area contributed by atoms with E-state index >= 15 is 0 Å². The number of benzene rings is 3. The van der Waals surface area contributed by atoms with E-state index in [1.165, 1.54) is 0 Å². The molecule has 0 radical (unpaired) electrons. The van der Waals surface area contributed by atoms with E-state index in [2.05, 4.69) is 10.1 Å². The molecule has 3 aromatic heterocycles. The van der Waals surface area contributed by atoms with Crippen molar-refractivity contribution in [3.05, 3.63) is 119 Å². The zero-order valence-corrected chi connectivity index (χ0v) is 19.7. The van der Waals surface area contributed by atoms with Crippen molar-refractivity contribution in [2.45, 2.75) is 0 Å². The molecule has 0 unspecified atom stereocenters. The molecule has 3 aromatic carbocycles. The maximum Gasteiger partial charge on any atom is 0.269 e. The van der Waals surface area contributed by atoms with E-state index in [1.54, 1.807) is 45.8 Å². The second-order valence-electron chi connectivity index (χ2n) is 8.21. The lowest BCUT2D eigenvalue weighted by Crippen LogP contribution is -2.22. The van der Waals surface area contributed by atoms with Crippen molar-refractivity contribution in [2.24, 2.45) is 0 Å². The van der Waals surface area contributed by atoms with Crippen LogP contribution in [-0.4, -0.2) is 24.3 Å². The van der Waals surface area contributed by atoms with Gasteiger partial charge in [0.15, 0.2) is 5.65 Å². The Hall–Kier alpha value is -4.75. The van der Waals surface area contributed by atoms with Crippen LogP contribution in [0.25, 0.3) is 45.1 Å². The Bertz CT molecular complexity index is 1760. The van der Waals surface area contributed by atoms with Gasteiger partial charge in [-0.3, -0.25) is 9.36 Å². The highest BCUT2D eigenvalue weighted by molar-refractivity contribution is 6.30. The van der Waals surface area contributed by atoms with Crippen LogP contribution in [0.2, 0.25) is 5.02 Å². The number of pyridine rings is 1. The van der Waals surface area contributed by atoms with Gasteiger partial charge in [0.05, 0.1) is 23.3 Å². The van der Waals surface area contributed by atoms with E-state index in [4.69, 9.17) is 22.3 Å². The maximum atomic E-state index is 13.8. The largest absolute Gasteiger partial charge is 0.384 e. The number of nitrogen functional groups attached to an aromatic ring is 1. The second-order valence-corrected chi connectivity index (χ2v) is 8.64. The highest BCUT2D eigenvalue weighted by Gasteiger charge is 2.18. The van der Waals surface area contributed by atoms with Crippen molar-refractivity contribution in [1.82, 2.24) is 24.3 Å². The van der Waals surface area contributed by atoms with Gasteiger partial charge in [0.25, 0.3) is 5.56 Å². The summed E-state index contributed by atoms with van der Waals surface area (Å²) in [5.74, 6) is 0.939. The molecule has 2 N–H and O–H groups in total. The summed E-state index contributed by atoms with van der Waals surface area (Å²) < 4.78 is 3.26. The molecule has 36 heavy (non-hydrogen) atoms. The minimum Gasteiger partial charge on any atom is -0.384 e. The topological polar surface area (TPSA) is 91.6 Å². The maximum absolute atomic E-state index is 13.8. The molecule has 0 atom stereocenters. The number of anilines is 1. The smallest absolute Gasteiger partial charge is 0.269 e. The van der Waals surface area contributed by atoms with E-state index in [-0.39, 0.29) is 5.56 Å². The van der Waals surface area contributed by atoms with Crippen molar-refractivity contribution in [1.29, 1.82) is 0 Å². The van der Waals surface area contributed by atoms with Crippen LogP contribution in [0, 0.1) is 0 Å². The number of fused-ring (bicyclic) bond motifs is 1. The molecule has 0 saturated heterocycles. The molecule has 0 aliphatic carbocycles. The lowest BCUT2D eigenvalue weighted by molar-refractivity contribution is 0.888. The van der Waals surface area contributed by atoms with Gasteiger partial charge in [-0.2, -0.15) is 5.10 Å². The molecule has 6 rings (SSSR count). The number of nitrogens with two attached hydrogens (primary N) is 1. The molecule has 7 nitrogen and oxygen atoms in total. The molecule has 0 aliphatic rings. The predicted octanol–water partition coefficient (Wildman–Crippen LogP) is 5.54. The second kappa shape index (κ2) is 8.79. The first kappa shape index (κ1) is 21.8. The van der Waals surface area contributed by atoms with E-state index in [0.29, 0.717) is 33.4 Å². The van der Waals surface area contributed by atoms with Crippen molar-refractivity contribution < 1.29 is 0 Å². The molecule has 0 fully saturated rings. The number of nitrogens with zero attached hydrogens (tertiary/aromatic N) is 5. The third kappa shape index (κ3) is 3.81. The normalized spacial score (nSPS) is 11.1. The molecule has 8 heteroatoms. The molecule has 0 spiro atoms. The summed E-state index contributed by atoms with van der Waals surface area (Å²) >= 11 is 6.12. The van der Waals surface area contributed by atoms with Gasteiger partial charge in [0.1, 0.15) is 17.0 Å². The van der Waals surface area contributed by atoms with Crippen LogP contribution in [0.5, 0.6) is 0 Å². The number of rotatable bonds is 4. The third-order valence-corrected chi connectivity index (χ3v) is 6.15. The first-order chi connectivity index (χ1) is 17.6. The number of para-hydroxylation sites is 1. The third-order valence-electron chi connectivity index (χ3n) is 5.90. The molecule has 0 saturated carbocycles. The quantitative estimate of drug-likeness (QED) is 0.350. The summed E-state index contributed by atoms with van der Waals surface area (Å²) in [5, 5.41) is 5.47. The fourth-order valence-electron chi connectivity index (χ4n) is 4.15. The molecule has 6 aromatic rings. The van der Waals surface area contributed by atoms with Crippen LogP contribution in [0.1, 0.15) is 0 Å². The Morgan fingerprint density at radius 2 is 1.44 bits per heavy atom. The van der Waals surface area contributed by atoms with Gasteiger partial charge >= 0.3 is 0 Å². The lowest BCUT2D eigenvalue weighted by Gasteiger charge is -2.14. The lowest BCUT2D eigenvalue weighted by atomic mass is 10.1. The summed E-state index contributed by atoms with van der Waals surface area (Å²) in [5.41, 5.74) is 10.0. The average Bonchev–Trinajstić information content (AvgIpc) is 3.34. The molecule has 3 heterocycles. The van der Waals surface area contributed by atoms with Gasteiger partial charge in [0.2, 0.25) is 0 Å². The first-order valence-corrected chi connectivity index (χ1v) is 11.6. The van der Waals surface area contributed by atoms with E-state index in [9.17, 15) is 4.79 Å². The highest BCUT2D eigenvalue weighted by atomic mass is 35.5. The molecule has 0 aliphatic heterocycles. The summed E-state index contributed by atoms with van der Waals surface area (Å²) in [6, 6.07) is 29.9. The molecule has 0 bridgehead atoms. The minimum absolute atomic E-state index is 0.221. The fourth-order valence-corrected chi connectivity index (χ4v) is 4.28. The standard InChI is InChI=1S/C28H19ClN6O/c29-20-13-15-21(16-14-20)34-26(19-11-9-18(10-12-19)24-7-4-8-25(30)32-24)33-27-23(28(34)36)17-31-35(27)22-5-2-1-3-6-22/h1-17H,(H2,30,32). The van der Waals surface area contributed by atoms with Gasteiger partial charge in [-0.05, 0) is 48.5 Å². The predicted molar refractivity (Wildman–Crippen MR) is 143 cm³/mol. The van der Waals surface area contributed by atoms with Crippen molar-refractivity contribution >= 4 is 28.5 Å². The van der Waals surface area contributed by atoms with Gasteiger partial charge in [-0.15, -0.1) is 0 Å². The zero-order chi connectivity index (χ0) is 24.6. The Balaban J connectivity index is 1.58. The molecule has 0 amide bonds. The highest BCUT2D eigenvalue weighted by Crippen LogP contribution is 2.27. The number of aromatic nitrogens is 5. The average molecular weight is 491 g/mol. The SMILES string of the molecule is Nc1cccc(-c2ccc(-c3nc4c(cnn4-c4ccccc4)c(=O)n3-c3ccc(Cl)cc3)cc2)n1. The number of hydrogen-bond acceptors (Lipinski definition) is 5. The zero-order valence-electron chi connectivity index (χ0n) is 18.9. The van der Waals surface area contributed by atoms with Gasteiger partial charge < -0.3 is 5.73 Å². The summed E-state index contributed by atoms with van der Waals surface area (Å²) in [6.45, 7) is 0. The van der Waals surface area contributed by atoms with Crippen LogP contribution in [0.15, 0.2) is 108 Å². The summed E-state index contributed by atoms with van der Waals surface area (Å²) in [6.07, 6.45) is 1.56. The van der Waals surface area contributed by atoms with Gasteiger partial charge in [-0.1, -0.05) is 60.1 Å². The molecular weight excluding hydrogens is 472 g/mol. The van der Waals surface area contributed by atoms with E-state index < -0.39 is 0 Å². The number of halogens is 1. The van der Waals surface area contributed by atoms with E-state index in [1.807, 2.05) is 66.7 Å². The van der Waals surface area contributed by atoms with Crippen molar-refractivity contribution in [3.8, 4) is 34.0 Å². The van der Waals surface area contributed by atoms with Crippen molar-refractivity contribution in [2.75, 3.05) is 5.73 Å². The Morgan fingerprint density at radius 3 is 2.17 bits per heavy atom. The first-order valence-electron chi connectivity index (χ1n) is 11.2. The van der Waals surface area contributed by atoms with Crippen molar-refractivity contribution in [3.63, 3.8) is 0 Å². The monoisotopic (exact) mass is 490 g/mol. The summed E-state index contributed by atoms with van der Waals surface area (Å²) in [7, 11) is 0. The van der Waals surface area contributed by atoms with Crippen LogP contribution in [0.3, 0.4) is 0 Å². The Kier molecular flexibility index (Phi) is 5.32. The number of hydrogen-bond donors (Lipinski definition) is 1. The van der Waals surface area contributed by atoms with Crippen LogP contribution in [-0.2, 0) is 0 Å².